The maximum Gasteiger partial charge on any atom is 0.277 e. The monoisotopic (exact) mass is 382 g/mol. The summed E-state index contributed by atoms with van der Waals surface area (Å²) in [6.07, 6.45) is 0. The SMILES string of the molecule is CC(C)c1ccc(C[NH+](C)CC(=O)N2CCN(c3ccc(O)cc3)CC2)cc1. The van der Waals surface area contributed by atoms with Gasteiger partial charge in [-0.2, -0.15) is 0 Å². The average Bonchev–Trinajstić information content (AvgIpc) is 2.69. The molecule has 0 aliphatic carbocycles. The quantitative estimate of drug-likeness (QED) is 0.802. The van der Waals surface area contributed by atoms with Gasteiger partial charge in [0.15, 0.2) is 6.54 Å². The van der Waals surface area contributed by atoms with E-state index < -0.39 is 0 Å². The molecule has 0 spiro atoms. The molecule has 3 rings (SSSR count). The van der Waals surface area contributed by atoms with Crippen molar-refractivity contribution in [3.63, 3.8) is 0 Å². The summed E-state index contributed by atoms with van der Waals surface area (Å²) in [5.74, 6) is 1.05. The molecule has 0 bridgehead atoms. The summed E-state index contributed by atoms with van der Waals surface area (Å²) in [4.78, 5) is 18.1. The van der Waals surface area contributed by atoms with Gasteiger partial charge in [-0.05, 0) is 35.7 Å². The summed E-state index contributed by atoms with van der Waals surface area (Å²) in [5.41, 5.74) is 3.72. The Bertz CT molecular complexity index is 763. The third kappa shape index (κ3) is 5.26. The van der Waals surface area contributed by atoms with Gasteiger partial charge in [-0.25, -0.2) is 0 Å². The summed E-state index contributed by atoms with van der Waals surface area (Å²) in [6.45, 7) is 8.92. The zero-order chi connectivity index (χ0) is 20.1. The van der Waals surface area contributed by atoms with Crippen LogP contribution in [0.5, 0.6) is 5.75 Å². The maximum atomic E-state index is 12.7. The van der Waals surface area contributed by atoms with Crippen LogP contribution < -0.4 is 9.80 Å². The van der Waals surface area contributed by atoms with Crippen molar-refractivity contribution in [1.29, 1.82) is 0 Å². The summed E-state index contributed by atoms with van der Waals surface area (Å²) >= 11 is 0. The lowest BCUT2D eigenvalue weighted by atomic mass is 10.0. The van der Waals surface area contributed by atoms with Crippen molar-refractivity contribution >= 4 is 11.6 Å². The summed E-state index contributed by atoms with van der Waals surface area (Å²) in [6, 6.07) is 16.0. The molecule has 28 heavy (non-hydrogen) atoms. The van der Waals surface area contributed by atoms with Crippen molar-refractivity contribution < 1.29 is 14.8 Å². The fourth-order valence-corrected chi connectivity index (χ4v) is 3.68. The molecule has 1 saturated heterocycles. The van der Waals surface area contributed by atoms with Crippen LogP contribution in [0.4, 0.5) is 5.69 Å². The Morgan fingerprint density at radius 2 is 1.61 bits per heavy atom. The third-order valence-corrected chi connectivity index (χ3v) is 5.45. The molecule has 1 aliphatic rings. The Hall–Kier alpha value is -2.53. The van der Waals surface area contributed by atoms with Crippen molar-refractivity contribution in [3.8, 4) is 5.75 Å². The van der Waals surface area contributed by atoms with Gasteiger partial charge < -0.3 is 19.8 Å². The lowest BCUT2D eigenvalue weighted by Crippen LogP contribution is -3.09. The van der Waals surface area contributed by atoms with Gasteiger partial charge in [-0.3, -0.25) is 4.79 Å². The number of hydrogen-bond acceptors (Lipinski definition) is 3. The van der Waals surface area contributed by atoms with Crippen molar-refractivity contribution in [2.75, 3.05) is 44.7 Å². The molecule has 0 saturated carbocycles. The van der Waals surface area contributed by atoms with Crippen molar-refractivity contribution in [1.82, 2.24) is 4.90 Å². The maximum absolute atomic E-state index is 12.7. The average molecular weight is 383 g/mol. The van der Waals surface area contributed by atoms with Gasteiger partial charge in [-0.15, -0.1) is 0 Å². The second-order valence-electron chi connectivity index (χ2n) is 8.09. The van der Waals surface area contributed by atoms with Crippen LogP contribution in [0.2, 0.25) is 0 Å². The fraction of sp³-hybridized carbons (Fsp3) is 0.435. The highest BCUT2D eigenvalue weighted by atomic mass is 16.3. The van der Waals surface area contributed by atoms with Crippen LogP contribution in [0, 0.1) is 0 Å². The Labute approximate surface area is 168 Å². The molecule has 150 valence electrons. The molecule has 0 radical (unpaired) electrons. The molecule has 2 aromatic rings. The van der Waals surface area contributed by atoms with Crippen LogP contribution in [0.1, 0.15) is 30.9 Å². The van der Waals surface area contributed by atoms with E-state index in [2.05, 4.69) is 50.1 Å². The van der Waals surface area contributed by atoms with E-state index in [0.717, 1.165) is 38.4 Å². The number of aromatic hydroxyl groups is 1. The van der Waals surface area contributed by atoms with Gasteiger partial charge in [0, 0.05) is 37.4 Å². The molecule has 2 aromatic carbocycles. The van der Waals surface area contributed by atoms with Crippen LogP contribution in [0.25, 0.3) is 0 Å². The van der Waals surface area contributed by atoms with E-state index in [1.807, 2.05) is 17.0 Å². The fourth-order valence-electron chi connectivity index (χ4n) is 3.68. The first-order valence-electron chi connectivity index (χ1n) is 10.1. The van der Waals surface area contributed by atoms with E-state index in [-0.39, 0.29) is 11.7 Å². The first kappa shape index (κ1) is 20.2. The van der Waals surface area contributed by atoms with Gasteiger partial charge in [0.1, 0.15) is 12.3 Å². The highest BCUT2D eigenvalue weighted by Gasteiger charge is 2.23. The number of amides is 1. The van der Waals surface area contributed by atoms with Crippen LogP contribution in [0.15, 0.2) is 48.5 Å². The highest BCUT2D eigenvalue weighted by Crippen LogP contribution is 2.19. The number of nitrogens with one attached hydrogen (secondary N) is 1. The van der Waals surface area contributed by atoms with Gasteiger partial charge in [-0.1, -0.05) is 38.1 Å². The first-order valence-corrected chi connectivity index (χ1v) is 10.1. The molecule has 0 aromatic heterocycles. The summed E-state index contributed by atoms with van der Waals surface area (Å²) < 4.78 is 0. The minimum Gasteiger partial charge on any atom is -0.508 e. The van der Waals surface area contributed by atoms with Gasteiger partial charge in [0.25, 0.3) is 5.91 Å². The van der Waals surface area contributed by atoms with Gasteiger partial charge >= 0.3 is 0 Å². The third-order valence-electron chi connectivity index (χ3n) is 5.45. The Morgan fingerprint density at radius 1 is 1.00 bits per heavy atom. The Kier molecular flexibility index (Phi) is 6.57. The standard InChI is InChI=1S/C23H31N3O2/c1-18(2)20-6-4-19(5-7-20)16-24(3)17-23(28)26-14-12-25(13-15-26)21-8-10-22(27)11-9-21/h4-11,18,27H,12-17H2,1-3H3/p+1. The zero-order valence-electron chi connectivity index (χ0n) is 17.2. The minimum atomic E-state index is 0.224. The topological polar surface area (TPSA) is 48.2 Å². The molecule has 1 atom stereocenters. The molecule has 1 heterocycles. The Morgan fingerprint density at radius 3 is 2.18 bits per heavy atom. The normalized spacial score (nSPS) is 15.7. The number of piperazine rings is 1. The number of likely N-dealkylation sites (N-methyl/N-ethyl adjacent to an activating group) is 1. The summed E-state index contributed by atoms with van der Waals surface area (Å²) in [5, 5.41) is 9.42. The van der Waals surface area contributed by atoms with E-state index >= 15 is 0 Å². The predicted molar refractivity (Wildman–Crippen MR) is 113 cm³/mol. The molecule has 5 heteroatoms. The number of hydrogen-bond donors (Lipinski definition) is 2. The molecule has 1 aliphatic heterocycles. The first-order chi connectivity index (χ1) is 13.4. The van der Waals surface area contributed by atoms with Crippen LogP contribution in [-0.4, -0.2) is 55.7 Å². The lowest BCUT2D eigenvalue weighted by Gasteiger charge is -2.36. The van der Waals surface area contributed by atoms with Crippen molar-refractivity contribution in [3.05, 3.63) is 59.7 Å². The number of anilines is 1. The number of phenolic OH excluding ortho intramolecular Hbond substituents is 1. The molecular weight excluding hydrogens is 350 g/mol. The minimum absolute atomic E-state index is 0.224. The van der Waals surface area contributed by atoms with Gasteiger partial charge in [0.05, 0.1) is 7.05 Å². The highest BCUT2D eigenvalue weighted by molar-refractivity contribution is 5.77. The smallest absolute Gasteiger partial charge is 0.277 e. The van der Waals surface area contributed by atoms with E-state index in [1.165, 1.54) is 16.0 Å². The molecule has 2 N–H and O–H groups in total. The van der Waals surface area contributed by atoms with Crippen LogP contribution in [0.3, 0.4) is 0 Å². The predicted octanol–water partition coefficient (Wildman–Crippen LogP) is 1.88. The van der Waals surface area contributed by atoms with E-state index in [9.17, 15) is 9.90 Å². The number of carbonyl (C=O) groups excluding carboxylic acids is 1. The molecular formula is C23H32N3O2+. The van der Waals surface area contributed by atoms with Crippen LogP contribution in [-0.2, 0) is 11.3 Å². The number of quaternary nitrogens is 1. The lowest BCUT2D eigenvalue weighted by molar-refractivity contribution is -0.885. The van der Waals surface area contributed by atoms with Crippen molar-refractivity contribution in [2.24, 2.45) is 0 Å². The number of carbonyl (C=O) groups is 1. The molecule has 5 nitrogen and oxygen atoms in total. The number of nitrogens with zero attached hydrogens (tertiary/aromatic N) is 2. The van der Waals surface area contributed by atoms with E-state index in [0.29, 0.717) is 12.5 Å². The number of rotatable bonds is 6. The molecule has 1 amide bonds. The number of benzene rings is 2. The van der Waals surface area contributed by atoms with E-state index in [1.54, 1.807) is 12.1 Å². The van der Waals surface area contributed by atoms with Crippen molar-refractivity contribution in [2.45, 2.75) is 26.3 Å². The largest absolute Gasteiger partial charge is 0.508 e. The second kappa shape index (κ2) is 9.11. The Balaban J connectivity index is 1.46. The van der Waals surface area contributed by atoms with Crippen LogP contribution >= 0.6 is 0 Å². The van der Waals surface area contributed by atoms with Gasteiger partial charge in [0.2, 0.25) is 0 Å². The molecule has 1 unspecified atom stereocenters. The molecule has 1 fully saturated rings. The summed E-state index contributed by atoms with van der Waals surface area (Å²) in [7, 11) is 2.08. The second-order valence-corrected chi connectivity index (χ2v) is 8.09. The van der Waals surface area contributed by atoms with E-state index in [4.69, 9.17) is 0 Å². The zero-order valence-corrected chi connectivity index (χ0v) is 17.2. The number of phenols is 1.